The first kappa shape index (κ1) is 14.5. The van der Waals surface area contributed by atoms with Crippen molar-refractivity contribution >= 4 is 16.5 Å². The lowest BCUT2D eigenvalue weighted by Gasteiger charge is -2.43. The molecule has 3 heteroatoms. The van der Waals surface area contributed by atoms with Crippen molar-refractivity contribution in [3.8, 4) is 6.07 Å². The normalized spacial score (nSPS) is 26.7. The second-order valence-corrected chi connectivity index (χ2v) is 7.17. The lowest BCUT2D eigenvalue weighted by Crippen LogP contribution is -2.49. The van der Waals surface area contributed by atoms with E-state index in [1.165, 1.54) is 36.8 Å². The van der Waals surface area contributed by atoms with Gasteiger partial charge in [0.05, 0.1) is 11.6 Å². The SMILES string of the molecule is CN(C)C1CC2CCC(C1)N2c1ccc(C#N)c2ccccc12. The predicted octanol–water partition coefficient (Wildman–Crippen LogP) is 3.77. The fourth-order valence-corrected chi connectivity index (χ4v) is 4.57. The van der Waals surface area contributed by atoms with Gasteiger partial charge in [0.2, 0.25) is 0 Å². The molecule has 2 saturated heterocycles. The van der Waals surface area contributed by atoms with E-state index >= 15 is 0 Å². The molecule has 0 saturated carbocycles. The Labute approximate surface area is 138 Å². The summed E-state index contributed by atoms with van der Waals surface area (Å²) in [7, 11) is 4.41. The number of anilines is 1. The highest BCUT2D eigenvalue weighted by atomic mass is 15.3. The number of hydrogen-bond acceptors (Lipinski definition) is 3. The van der Waals surface area contributed by atoms with Crippen molar-refractivity contribution in [1.82, 2.24) is 4.90 Å². The molecule has 2 bridgehead atoms. The minimum atomic E-state index is 0.637. The van der Waals surface area contributed by atoms with Gasteiger partial charge in [-0.15, -0.1) is 0 Å². The molecule has 23 heavy (non-hydrogen) atoms. The molecule has 0 aliphatic carbocycles. The molecule has 0 radical (unpaired) electrons. The van der Waals surface area contributed by atoms with E-state index in [0.717, 1.165) is 10.9 Å². The second-order valence-electron chi connectivity index (χ2n) is 7.17. The number of nitriles is 1. The van der Waals surface area contributed by atoms with Crippen molar-refractivity contribution in [3.05, 3.63) is 42.0 Å². The van der Waals surface area contributed by atoms with Crippen molar-refractivity contribution < 1.29 is 0 Å². The van der Waals surface area contributed by atoms with Crippen LogP contribution in [0.2, 0.25) is 0 Å². The third-order valence-corrected chi connectivity index (χ3v) is 5.74. The Kier molecular flexibility index (Phi) is 3.50. The van der Waals surface area contributed by atoms with Gasteiger partial charge in [0.1, 0.15) is 0 Å². The monoisotopic (exact) mass is 305 g/mol. The fourth-order valence-electron chi connectivity index (χ4n) is 4.57. The van der Waals surface area contributed by atoms with E-state index in [9.17, 15) is 5.26 Å². The highest BCUT2D eigenvalue weighted by molar-refractivity contribution is 5.98. The third-order valence-electron chi connectivity index (χ3n) is 5.74. The number of rotatable bonds is 2. The summed E-state index contributed by atoms with van der Waals surface area (Å²) in [6, 6.07) is 16.8. The van der Waals surface area contributed by atoms with Gasteiger partial charge in [0.25, 0.3) is 0 Å². The van der Waals surface area contributed by atoms with Crippen molar-refractivity contribution in [1.29, 1.82) is 5.26 Å². The van der Waals surface area contributed by atoms with Gasteiger partial charge < -0.3 is 9.80 Å². The van der Waals surface area contributed by atoms with Crippen LogP contribution in [0.25, 0.3) is 10.8 Å². The first-order valence-corrected chi connectivity index (χ1v) is 8.55. The molecule has 0 aromatic heterocycles. The molecule has 0 spiro atoms. The van der Waals surface area contributed by atoms with E-state index in [1.54, 1.807) is 0 Å². The zero-order valence-corrected chi connectivity index (χ0v) is 13.9. The molecule has 2 aromatic rings. The smallest absolute Gasteiger partial charge is 0.0998 e. The molecule has 2 aliphatic rings. The molecule has 2 fully saturated rings. The average Bonchev–Trinajstić information content (AvgIpc) is 2.82. The Morgan fingerprint density at radius 1 is 1.00 bits per heavy atom. The topological polar surface area (TPSA) is 30.3 Å². The lowest BCUT2D eigenvalue weighted by molar-refractivity contribution is 0.222. The van der Waals surface area contributed by atoms with Crippen LogP contribution >= 0.6 is 0 Å². The van der Waals surface area contributed by atoms with Crippen molar-refractivity contribution in [2.75, 3.05) is 19.0 Å². The molecular weight excluding hydrogens is 282 g/mol. The zero-order valence-electron chi connectivity index (χ0n) is 13.9. The van der Waals surface area contributed by atoms with Gasteiger partial charge in [-0.1, -0.05) is 24.3 Å². The first-order valence-electron chi connectivity index (χ1n) is 8.55. The molecule has 2 aromatic carbocycles. The molecule has 2 unspecified atom stereocenters. The largest absolute Gasteiger partial charge is 0.365 e. The minimum absolute atomic E-state index is 0.637. The molecule has 118 valence electrons. The van der Waals surface area contributed by atoms with Gasteiger partial charge in [0, 0.05) is 34.6 Å². The minimum Gasteiger partial charge on any atom is -0.365 e. The summed E-state index contributed by atoms with van der Waals surface area (Å²) in [5, 5.41) is 11.7. The van der Waals surface area contributed by atoms with Crippen LogP contribution in [0.1, 0.15) is 31.2 Å². The Morgan fingerprint density at radius 3 is 2.26 bits per heavy atom. The molecule has 0 N–H and O–H groups in total. The van der Waals surface area contributed by atoms with Gasteiger partial charge in [-0.3, -0.25) is 0 Å². The number of benzene rings is 2. The van der Waals surface area contributed by atoms with Gasteiger partial charge >= 0.3 is 0 Å². The van der Waals surface area contributed by atoms with Crippen LogP contribution in [-0.4, -0.2) is 37.1 Å². The summed E-state index contributed by atoms with van der Waals surface area (Å²) >= 11 is 0. The van der Waals surface area contributed by atoms with Crippen LogP contribution < -0.4 is 4.90 Å². The summed E-state index contributed by atoms with van der Waals surface area (Å²) in [4.78, 5) is 5.04. The van der Waals surface area contributed by atoms with Crippen LogP contribution in [-0.2, 0) is 0 Å². The third kappa shape index (κ3) is 2.29. The van der Waals surface area contributed by atoms with Gasteiger partial charge in [-0.05, 0) is 51.9 Å². The zero-order chi connectivity index (χ0) is 16.0. The maximum atomic E-state index is 9.38. The number of fused-ring (bicyclic) bond motifs is 3. The standard InChI is InChI=1S/C20H23N3/c1-22(2)17-11-15-8-9-16(12-17)23(15)20-10-7-14(13-21)18-5-3-4-6-19(18)20/h3-7,10,15-17H,8-9,11-12H2,1-2H3. The van der Waals surface area contributed by atoms with Crippen LogP contribution in [0.4, 0.5) is 5.69 Å². The van der Waals surface area contributed by atoms with Crippen LogP contribution in [0.15, 0.2) is 36.4 Å². The highest BCUT2D eigenvalue weighted by Gasteiger charge is 2.41. The molecule has 2 heterocycles. The molecular formula is C20H23N3. The van der Waals surface area contributed by atoms with Gasteiger partial charge in [0.15, 0.2) is 0 Å². The summed E-state index contributed by atoms with van der Waals surface area (Å²) < 4.78 is 0. The maximum absolute atomic E-state index is 9.38. The van der Waals surface area contributed by atoms with Crippen molar-refractivity contribution in [2.24, 2.45) is 0 Å². The number of nitrogens with zero attached hydrogens (tertiary/aromatic N) is 3. The second kappa shape index (κ2) is 5.54. The van der Waals surface area contributed by atoms with E-state index in [4.69, 9.17) is 0 Å². The predicted molar refractivity (Wildman–Crippen MR) is 94.7 cm³/mol. The summed E-state index contributed by atoms with van der Waals surface area (Å²) in [5.41, 5.74) is 2.10. The number of piperidine rings is 1. The first-order chi connectivity index (χ1) is 11.2. The molecule has 4 rings (SSSR count). The van der Waals surface area contributed by atoms with E-state index in [2.05, 4.69) is 54.2 Å². The Morgan fingerprint density at radius 2 is 1.65 bits per heavy atom. The summed E-state index contributed by atoms with van der Waals surface area (Å²) in [5.74, 6) is 0. The molecule has 2 atom stereocenters. The fraction of sp³-hybridized carbons (Fsp3) is 0.450. The average molecular weight is 305 g/mol. The van der Waals surface area contributed by atoms with E-state index in [0.29, 0.717) is 18.1 Å². The highest BCUT2D eigenvalue weighted by Crippen LogP contribution is 2.43. The van der Waals surface area contributed by atoms with Crippen LogP contribution in [0, 0.1) is 11.3 Å². The summed E-state index contributed by atoms with van der Waals surface area (Å²) in [6.07, 6.45) is 5.09. The van der Waals surface area contributed by atoms with Gasteiger partial charge in [-0.2, -0.15) is 5.26 Å². The summed E-state index contributed by atoms with van der Waals surface area (Å²) in [6.45, 7) is 0. The Hall–Kier alpha value is -2.05. The van der Waals surface area contributed by atoms with Crippen molar-refractivity contribution in [2.45, 2.75) is 43.8 Å². The Bertz CT molecular complexity index is 760. The number of hydrogen-bond donors (Lipinski definition) is 0. The quantitative estimate of drug-likeness (QED) is 0.846. The van der Waals surface area contributed by atoms with Crippen LogP contribution in [0.3, 0.4) is 0 Å². The molecule has 3 nitrogen and oxygen atoms in total. The Balaban J connectivity index is 1.78. The van der Waals surface area contributed by atoms with Gasteiger partial charge in [-0.25, -0.2) is 0 Å². The lowest BCUT2D eigenvalue weighted by atomic mass is 9.94. The van der Waals surface area contributed by atoms with Crippen LogP contribution in [0.5, 0.6) is 0 Å². The maximum Gasteiger partial charge on any atom is 0.0998 e. The molecule has 0 amide bonds. The van der Waals surface area contributed by atoms with E-state index < -0.39 is 0 Å². The van der Waals surface area contributed by atoms with E-state index in [-0.39, 0.29) is 0 Å². The van der Waals surface area contributed by atoms with E-state index in [1.807, 2.05) is 12.1 Å². The van der Waals surface area contributed by atoms with Crippen molar-refractivity contribution in [3.63, 3.8) is 0 Å². The molecule has 2 aliphatic heterocycles.